The van der Waals surface area contributed by atoms with E-state index in [9.17, 15) is 0 Å². The summed E-state index contributed by atoms with van der Waals surface area (Å²) < 4.78 is 4.98. The van der Waals surface area contributed by atoms with Gasteiger partial charge in [-0.1, -0.05) is 188 Å². The number of aromatic nitrogens is 4. The number of hydrogen-bond donors (Lipinski definition) is 0. The van der Waals surface area contributed by atoms with Gasteiger partial charge in [-0.05, 0) is 58.1 Å². The van der Waals surface area contributed by atoms with Crippen molar-refractivity contribution in [2.24, 2.45) is 0 Å². The third-order valence-corrected chi connectivity index (χ3v) is 13.1. The maximum atomic E-state index is 5.41. The molecule has 0 amide bonds. The molecule has 4 nitrogen and oxygen atoms in total. The van der Waals surface area contributed by atoms with Crippen LogP contribution in [0.3, 0.4) is 0 Å². The van der Waals surface area contributed by atoms with Crippen LogP contribution < -0.4 is 0 Å². The molecule has 290 valence electrons. The molecule has 3 heterocycles. The van der Waals surface area contributed by atoms with Gasteiger partial charge in [0.1, 0.15) is 0 Å². The normalized spacial score (nSPS) is 11.5. The van der Waals surface area contributed by atoms with Crippen LogP contribution in [0, 0.1) is 0 Å². The lowest BCUT2D eigenvalue weighted by molar-refractivity contribution is 1.06. The summed E-state index contributed by atoms with van der Waals surface area (Å²) in [6.07, 6.45) is 0. The Bertz CT molecular complexity index is 3630. The predicted molar refractivity (Wildman–Crippen MR) is 260 cm³/mol. The Morgan fingerprint density at radius 2 is 0.887 bits per heavy atom. The molecule has 0 N–H and O–H groups in total. The number of nitrogens with zero attached hydrogens (tertiary/aromatic N) is 4. The fourth-order valence-electron chi connectivity index (χ4n) is 8.98. The fourth-order valence-corrected chi connectivity index (χ4v) is 10.2. The van der Waals surface area contributed by atoms with Gasteiger partial charge >= 0.3 is 0 Å². The Kier molecular flexibility index (Phi) is 8.65. The summed E-state index contributed by atoms with van der Waals surface area (Å²) in [5, 5.41) is 4.93. The van der Waals surface area contributed by atoms with Gasteiger partial charge in [0, 0.05) is 53.2 Å². The molecule has 0 atom stereocenters. The van der Waals surface area contributed by atoms with Gasteiger partial charge in [-0.25, -0.2) is 15.0 Å². The van der Waals surface area contributed by atoms with E-state index in [1.165, 1.54) is 36.5 Å². The second-order valence-electron chi connectivity index (χ2n) is 15.6. The Labute approximate surface area is 362 Å². The van der Waals surface area contributed by atoms with Crippen molar-refractivity contribution in [2.75, 3.05) is 0 Å². The van der Waals surface area contributed by atoms with Gasteiger partial charge < -0.3 is 4.57 Å². The Balaban J connectivity index is 1.12. The van der Waals surface area contributed by atoms with Crippen molar-refractivity contribution in [2.45, 2.75) is 0 Å². The van der Waals surface area contributed by atoms with Crippen molar-refractivity contribution >= 4 is 53.3 Å². The van der Waals surface area contributed by atoms with Crippen LogP contribution in [0.5, 0.6) is 0 Å². The summed E-state index contributed by atoms with van der Waals surface area (Å²) in [7, 11) is 0. The Morgan fingerprint density at radius 3 is 1.68 bits per heavy atom. The molecule has 0 saturated heterocycles. The molecule has 9 aromatic carbocycles. The molecule has 0 aliphatic carbocycles. The highest BCUT2D eigenvalue weighted by Gasteiger charge is 2.22. The molecular formula is C57H36N4S. The minimum Gasteiger partial charge on any atom is -0.308 e. The van der Waals surface area contributed by atoms with E-state index in [1.807, 2.05) is 29.5 Å². The van der Waals surface area contributed by atoms with Gasteiger partial charge in [-0.15, -0.1) is 11.3 Å². The number of hydrogen-bond acceptors (Lipinski definition) is 4. The predicted octanol–water partition coefficient (Wildman–Crippen LogP) is 15.3. The van der Waals surface area contributed by atoms with Crippen LogP contribution in [0.4, 0.5) is 0 Å². The maximum Gasteiger partial charge on any atom is 0.166 e. The van der Waals surface area contributed by atoms with Crippen LogP contribution in [-0.4, -0.2) is 19.5 Å². The molecule has 0 saturated carbocycles. The van der Waals surface area contributed by atoms with Crippen LogP contribution >= 0.6 is 11.3 Å². The zero-order chi connectivity index (χ0) is 41.0. The van der Waals surface area contributed by atoms with Gasteiger partial charge in [0.25, 0.3) is 0 Å². The van der Waals surface area contributed by atoms with Gasteiger partial charge in [0.15, 0.2) is 17.5 Å². The molecule has 0 fully saturated rings. The molecule has 0 aliphatic heterocycles. The van der Waals surface area contributed by atoms with Gasteiger partial charge in [0.2, 0.25) is 0 Å². The summed E-state index contributed by atoms with van der Waals surface area (Å²) in [5.41, 5.74) is 12.8. The first kappa shape index (κ1) is 35.9. The lowest BCUT2D eigenvalue weighted by Crippen LogP contribution is -2.04. The van der Waals surface area contributed by atoms with Crippen molar-refractivity contribution in [1.29, 1.82) is 0 Å². The van der Waals surface area contributed by atoms with Crippen LogP contribution in [-0.2, 0) is 0 Å². The maximum absolute atomic E-state index is 5.41. The third-order valence-electron chi connectivity index (χ3n) is 11.9. The number of para-hydroxylation sites is 2. The molecule has 0 spiro atoms. The third kappa shape index (κ3) is 6.09. The summed E-state index contributed by atoms with van der Waals surface area (Å²) >= 11 is 1.84. The van der Waals surface area contributed by atoms with Gasteiger partial charge in [0.05, 0.1) is 16.7 Å². The van der Waals surface area contributed by atoms with E-state index in [0.29, 0.717) is 17.5 Å². The fraction of sp³-hybridized carbons (Fsp3) is 0. The van der Waals surface area contributed by atoms with Crippen LogP contribution in [0.15, 0.2) is 218 Å². The quantitative estimate of drug-likeness (QED) is 0.161. The van der Waals surface area contributed by atoms with E-state index < -0.39 is 0 Å². The molecule has 0 radical (unpaired) electrons. The van der Waals surface area contributed by atoms with Crippen molar-refractivity contribution in [3.63, 3.8) is 0 Å². The van der Waals surface area contributed by atoms with Crippen LogP contribution in [0.2, 0.25) is 0 Å². The van der Waals surface area contributed by atoms with Gasteiger partial charge in [-0.3, -0.25) is 0 Å². The van der Waals surface area contributed by atoms with Crippen molar-refractivity contribution < 1.29 is 0 Å². The number of benzene rings is 9. The molecule has 0 aliphatic rings. The first-order valence-corrected chi connectivity index (χ1v) is 21.7. The summed E-state index contributed by atoms with van der Waals surface area (Å²) in [6.45, 7) is 0. The van der Waals surface area contributed by atoms with Crippen LogP contribution in [0.1, 0.15) is 0 Å². The van der Waals surface area contributed by atoms with Crippen molar-refractivity contribution in [1.82, 2.24) is 19.5 Å². The lowest BCUT2D eigenvalue weighted by atomic mass is 10.00. The average Bonchev–Trinajstić information content (AvgIpc) is 3.91. The van der Waals surface area contributed by atoms with Crippen molar-refractivity contribution in [3.8, 4) is 73.2 Å². The zero-order valence-electron chi connectivity index (χ0n) is 33.5. The Hall–Kier alpha value is -7.99. The number of thiophene rings is 1. The highest BCUT2D eigenvalue weighted by molar-refractivity contribution is 7.26. The molecule has 12 rings (SSSR count). The monoisotopic (exact) mass is 808 g/mol. The number of fused-ring (bicyclic) bond motifs is 6. The van der Waals surface area contributed by atoms with E-state index in [0.717, 1.165) is 61.2 Å². The van der Waals surface area contributed by atoms with Crippen LogP contribution in [0.25, 0.3) is 115 Å². The summed E-state index contributed by atoms with van der Waals surface area (Å²) in [5.74, 6) is 1.83. The standard InChI is InChI=1S/C57H36N4S/c1-4-17-37(18-5-1)40-33-34-49(51(36-40)61-50-31-12-10-25-45(50)47-29-15-27-43(53(47)61)38-19-6-2-7-20-38)57-59-55(39-21-8-3-9-22-39)58-56(60-57)42-24-14-23-41(35-42)44-28-16-30-48-46-26-11-13-32-52(46)62-54(44)48/h1-36H. The average molecular weight is 809 g/mol. The molecular weight excluding hydrogens is 773 g/mol. The molecule has 62 heavy (non-hydrogen) atoms. The smallest absolute Gasteiger partial charge is 0.166 e. The molecule has 12 aromatic rings. The minimum absolute atomic E-state index is 0.601. The lowest BCUT2D eigenvalue weighted by Gasteiger charge is -2.18. The minimum atomic E-state index is 0.601. The van der Waals surface area contributed by atoms with Crippen molar-refractivity contribution in [3.05, 3.63) is 218 Å². The molecule has 5 heteroatoms. The van der Waals surface area contributed by atoms with E-state index >= 15 is 0 Å². The summed E-state index contributed by atoms with van der Waals surface area (Å²) in [4.78, 5) is 16.0. The first-order chi connectivity index (χ1) is 30.7. The van der Waals surface area contributed by atoms with E-state index in [4.69, 9.17) is 15.0 Å². The first-order valence-electron chi connectivity index (χ1n) is 20.9. The van der Waals surface area contributed by atoms with Gasteiger partial charge in [-0.2, -0.15) is 0 Å². The van der Waals surface area contributed by atoms with E-state index in [-0.39, 0.29) is 0 Å². The zero-order valence-corrected chi connectivity index (χ0v) is 34.3. The van der Waals surface area contributed by atoms with E-state index in [2.05, 4.69) is 205 Å². The second kappa shape index (κ2) is 14.9. The SMILES string of the molecule is c1ccc(-c2ccc(-c3nc(-c4ccccc4)nc(-c4cccc(-c5cccc6c5sc5ccccc56)c4)n3)c(-n3c4ccccc4c4cccc(-c5ccccc5)c43)c2)cc1. The second-order valence-corrected chi connectivity index (χ2v) is 16.6. The number of rotatable bonds is 7. The molecule has 3 aromatic heterocycles. The highest BCUT2D eigenvalue weighted by atomic mass is 32.1. The highest BCUT2D eigenvalue weighted by Crippen LogP contribution is 2.43. The van der Waals surface area contributed by atoms with E-state index in [1.54, 1.807) is 0 Å². The topological polar surface area (TPSA) is 43.6 Å². The largest absolute Gasteiger partial charge is 0.308 e. The molecule has 0 bridgehead atoms. The summed E-state index contributed by atoms with van der Waals surface area (Å²) in [6, 6.07) is 77.4. The molecule has 0 unspecified atom stereocenters. The Morgan fingerprint density at radius 1 is 0.323 bits per heavy atom.